The lowest BCUT2D eigenvalue weighted by Crippen LogP contribution is -2.29. The summed E-state index contributed by atoms with van der Waals surface area (Å²) in [5.74, 6) is 0.667. The van der Waals surface area contributed by atoms with Crippen molar-refractivity contribution >= 4 is 0 Å². The Bertz CT molecular complexity index is 297. The molecule has 0 spiro atoms. The van der Waals surface area contributed by atoms with E-state index in [0.29, 0.717) is 11.7 Å². The molecule has 0 saturated carbocycles. The minimum atomic E-state index is 0.166. The maximum Gasteiger partial charge on any atom is 0.115 e. The van der Waals surface area contributed by atoms with E-state index in [9.17, 15) is 0 Å². The molecule has 2 atom stereocenters. The minimum Gasteiger partial charge on any atom is -0.508 e. The number of rotatable bonds is 2. The van der Waals surface area contributed by atoms with Crippen molar-refractivity contribution in [3.63, 3.8) is 0 Å². The predicted octanol–water partition coefficient (Wildman–Crippen LogP) is 0.830. The Labute approximate surface area is 83.4 Å². The van der Waals surface area contributed by atoms with Crippen LogP contribution in [-0.2, 0) is 0 Å². The molecular weight excluding hydrogens is 178 g/mol. The van der Waals surface area contributed by atoms with E-state index in [1.165, 1.54) is 5.56 Å². The lowest BCUT2D eigenvalue weighted by atomic mass is 9.92. The SMILES string of the molecule is OC[C@@H]1NCC[C@@H]1c1ccc(O)cc1. The van der Waals surface area contributed by atoms with Gasteiger partial charge in [-0.05, 0) is 30.7 Å². The number of benzene rings is 1. The number of aliphatic hydroxyl groups is 1. The fourth-order valence-corrected chi connectivity index (χ4v) is 2.08. The molecule has 0 amide bonds. The maximum absolute atomic E-state index is 9.16. The summed E-state index contributed by atoms with van der Waals surface area (Å²) >= 11 is 0. The summed E-state index contributed by atoms with van der Waals surface area (Å²) < 4.78 is 0. The van der Waals surface area contributed by atoms with Crippen LogP contribution in [0.1, 0.15) is 17.9 Å². The summed E-state index contributed by atoms with van der Waals surface area (Å²) in [6.45, 7) is 1.13. The number of aromatic hydroxyl groups is 1. The summed E-state index contributed by atoms with van der Waals surface area (Å²) in [5, 5.41) is 21.6. The van der Waals surface area contributed by atoms with Crippen LogP contribution in [0.5, 0.6) is 5.75 Å². The molecule has 0 unspecified atom stereocenters. The van der Waals surface area contributed by atoms with Gasteiger partial charge in [-0.25, -0.2) is 0 Å². The highest BCUT2D eigenvalue weighted by Gasteiger charge is 2.27. The van der Waals surface area contributed by atoms with Crippen molar-refractivity contribution in [3.05, 3.63) is 29.8 Å². The van der Waals surface area contributed by atoms with Crippen molar-refractivity contribution in [1.29, 1.82) is 0 Å². The van der Waals surface area contributed by atoms with Gasteiger partial charge in [0.1, 0.15) is 5.75 Å². The van der Waals surface area contributed by atoms with Gasteiger partial charge in [0, 0.05) is 12.0 Å². The van der Waals surface area contributed by atoms with E-state index in [2.05, 4.69) is 5.32 Å². The second-order valence-electron chi connectivity index (χ2n) is 3.73. The number of aliphatic hydroxyl groups excluding tert-OH is 1. The molecule has 0 aliphatic carbocycles. The molecule has 1 fully saturated rings. The van der Waals surface area contributed by atoms with Gasteiger partial charge < -0.3 is 15.5 Å². The molecule has 0 bridgehead atoms. The molecule has 1 aromatic rings. The molecule has 3 nitrogen and oxygen atoms in total. The third kappa shape index (κ3) is 1.74. The Hall–Kier alpha value is -1.06. The molecule has 2 rings (SSSR count). The van der Waals surface area contributed by atoms with E-state index in [-0.39, 0.29) is 12.6 Å². The van der Waals surface area contributed by atoms with Gasteiger partial charge in [-0.2, -0.15) is 0 Å². The van der Waals surface area contributed by atoms with Crippen LogP contribution in [-0.4, -0.2) is 29.4 Å². The number of hydrogen-bond acceptors (Lipinski definition) is 3. The van der Waals surface area contributed by atoms with E-state index in [4.69, 9.17) is 10.2 Å². The number of hydrogen-bond donors (Lipinski definition) is 3. The standard InChI is InChI=1S/C11H15NO2/c13-7-11-10(5-6-12-11)8-1-3-9(14)4-2-8/h1-4,10-14H,5-7H2/t10-,11+/m1/s1. The van der Waals surface area contributed by atoms with Gasteiger partial charge in [0.25, 0.3) is 0 Å². The second-order valence-corrected chi connectivity index (χ2v) is 3.73. The zero-order valence-corrected chi connectivity index (χ0v) is 7.98. The lowest BCUT2D eigenvalue weighted by molar-refractivity contribution is 0.245. The molecule has 3 heteroatoms. The fourth-order valence-electron chi connectivity index (χ4n) is 2.08. The number of phenols is 1. The highest BCUT2D eigenvalue weighted by Crippen LogP contribution is 2.28. The molecule has 3 N–H and O–H groups in total. The van der Waals surface area contributed by atoms with E-state index >= 15 is 0 Å². The summed E-state index contributed by atoms with van der Waals surface area (Å²) in [6, 6.07) is 7.41. The largest absolute Gasteiger partial charge is 0.508 e. The summed E-state index contributed by atoms with van der Waals surface area (Å²) in [7, 11) is 0. The van der Waals surface area contributed by atoms with Crippen LogP contribution >= 0.6 is 0 Å². The Morgan fingerprint density at radius 2 is 2.00 bits per heavy atom. The molecule has 14 heavy (non-hydrogen) atoms. The van der Waals surface area contributed by atoms with Gasteiger partial charge >= 0.3 is 0 Å². The normalized spacial score (nSPS) is 26.6. The van der Waals surface area contributed by atoms with Crippen molar-refractivity contribution in [2.75, 3.05) is 13.2 Å². The highest BCUT2D eigenvalue weighted by atomic mass is 16.3. The fraction of sp³-hybridized carbons (Fsp3) is 0.455. The van der Waals surface area contributed by atoms with Crippen molar-refractivity contribution in [3.8, 4) is 5.75 Å². The minimum absolute atomic E-state index is 0.166. The predicted molar refractivity (Wildman–Crippen MR) is 54.3 cm³/mol. The Morgan fingerprint density at radius 1 is 1.29 bits per heavy atom. The molecule has 1 aliphatic rings. The van der Waals surface area contributed by atoms with Crippen molar-refractivity contribution in [1.82, 2.24) is 5.32 Å². The van der Waals surface area contributed by atoms with Crippen LogP contribution in [0.4, 0.5) is 0 Å². The van der Waals surface area contributed by atoms with E-state index in [0.717, 1.165) is 13.0 Å². The van der Waals surface area contributed by atoms with Crippen molar-refractivity contribution < 1.29 is 10.2 Å². The molecule has 76 valence electrons. The third-order valence-corrected chi connectivity index (χ3v) is 2.87. The molecular formula is C11H15NO2. The average molecular weight is 193 g/mol. The number of nitrogens with one attached hydrogen (secondary N) is 1. The molecule has 0 radical (unpaired) electrons. The molecule has 1 aromatic carbocycles. The van der Waals surface area contributed by atoms with Crippen molar-refractivity contribution in [2.24, 2.45) is 0 Å². The van der Waals surface area contributed by atoms with Crippen LogP contribution in [0.2, 0.25) is 0 Å². The Kier molecular flexibility index (Phi) is 2.70. The van der Waals surface area contributed by atoms with Gasteiger partial charge in [-0.1, -0.05) is 12.1 Å². The van der Waals surface area contributed by atoms with Crippen LogP contribution in [0.15, 0.2) is 24.3 Å². The van der Waals surface area contributed by atoms with E-state index < -0.39 is 0 Å². The van der Waals surface area contributed by atoms with Gasteiger partial charge in [0.15, 0.2) is 0 Å². The van der Waals surface area contributed by atoms with Gasteiger partial charge in [-0.3, -0.25) is 0 Å². The van der Waals surface area contributed by atoms with Crippen LogP contribution in [0, 0.1) is 0 Å². The Balaban J connectivity index is 2.17. The van der Waals surface area contributed by atoms with Crippen LogP contribution in [0.3, 0.4) is 0 Å². The van der Waals surface area contributed by atoms with E-state index in [1.54, 1.807) is 12.1 Å². The second kappa shape index (κ2) is 3.98. The van der Waals surface area contributed by atoms with Gasteiger partial charge in [0.05, 0.1) is 6.61 Å². The summed E-state index contributed by atoms with van der Waals surface area (Å²) in [4.78, 5) is 0. The summed E-state index contributed by atoms with van der Waals surface area (Å²) in [5.41, 5.74) is 1.19. The van der Waals surface area contributed by atoms with Gasteiger partial charge in [-0.15, -0.1) is 0 Å². The molecule has 1 heterocycles. The van der Waals surface area contributed by atoms with Gasteiger partial charge in [0.2, 0.25) is 0 Å². The summed E-state index contributed by atoms with van der Waals surface area (Å²) in [6.07, 6.45) is 1.05. The monoisotopic (exact) mass is 193 g/mol. The van der Waals surface area contributed by atoms with E-state index in [1.807, 2.05) is 12.1 Å². The first-order chi connectivity index (χ1) is 6.81. The topological polar surface area (TPSA) is 52.5 Å². The quantitative estimate of drug-likeness (QED) is 0.652. The highest BCUT2D eigenvalue weighted by molar-refractivity contribution is 5.30. The van der Waals surface area contributed by atoms with Crippen LogP contribution < -0.4 is 5.32 Å². The smallest absolute Gasteiger partial charge is 0.115 e. The van der Waals surface area contributed by atoms with Crippen molar-refractivity contribution in [2.45, 2.75) is 18.4 Å². The lowest BCUT2D eigenvalue weighted by Gasteiger charge is -2.17. The third-order valence-electron chi connectivity index (χ3n) is 2.87. The molecule has 1 saturated heterocycles. The zero-order valence-electron chi connectivity index (χ0n) is 7.98. The average Bonchev–Trinajstić information content (AvgIpc) is 2.67. The molecule has 1 aliphatic heterocycles. The first-order valence-electron chi connectivity index (χ1n) is 4.94. The number of phenolic OH excluding ortho intramolecular Hbond substituents is 1. The first kappa shape index (κ1) is 9.49. The Morgan fingerprint density at radius 3 is 2.64 bits per heavy atom. The first-order valence-corrected chi connectivity index (χ1v) is 4.94. The zero-order chi connectivity index (χ0) is 9.97. The molecule has 0 aromatic heterocycles. The maximum atomic E-state index is 9.16. The van der Waals surface area contributed by atoms with Crippen LogP contribution in [0.25, 0.3) is 0 Å².